The molecule has 1 fully saturated rings. The number of hydrogen-bond donors (Lipinski definition) is 0. The van der Waals surface area contributed by atoms with Crippen LogP contribution in [-0.4, -0.2) is 25.5 Å². The third-order valence-electron chi connectivity index (χ3n) is 5.14. The standard InChI is InChI=1S/C19H23NS.ClH/c1-20(2)12-17-10-13-3-4-15(9-13)19(17)16-5-6-18-14(11-16)7-8-21-18;/h5-8,11,13,15H,3-4,9-10,12H2,1-2H3;1H/t13-,15+;/m1./s1. The van der Waals surface area contributed by atoms with Crippen LogP contribution in [0.1, 0.15) is 31.2 Å². The van der Waals surface area contributed by atoms with Gasteiger partial charge in [0, 0.05) is 11.2 Å². The number of likely N-dealkylation sites (N-methyl/N-ethyl adjacent to an activating group) is 1. The maximum Gasteiger partial charge on any atom is 0.0343 e. The van der Waals surface area contributed by atoms with Crippen molar-refractivity contribution in [2.45, 2.75) is 25.7 Å². The molecule has 0 aliphatic heterocycles. The number of fused-ring (bicyclic) bond motifs is 3. The molecule has 1 nitrogen and oxygen atoms in total. The van der Waals surface area contributed by atoms with Gasteiger partial charge in [-0.1, -0.05) is 11.6 Å². The number of hydrogen-bond acceptors (Lipinski definition) is 2. The molecular formula is C19H24ClNS. The lowest BCUT2D eigenvalue weighted by atomic mass is 9.79. The largest absolute Gasteiger partial charge is 0.305 e. The van der Waals surface area contributed by atoms with Gasteiger partial charge in [0.2, 0.25) is 0 Å². The molecule has 1 saturated carbocycles. The van der Waals surface area contributed by atoms with Crippen molar-refractivity contribution in [3.8, 4) is 0 Å². The van der Waals surface area contributed by atoms with Crippen LogP contribution in [0, 0.1) is 11.8 Å². The molecule has 4 rings (SSSR count). The van der Waals surface area contributed by atoms with E-state index >= 15 is 0 Å². The van der Waals surface area contributed by atoms with Crippen LogP contribution in [0.5, 0.6) is 0 Å². The lowest BCUT2D eigenvalue weighted by Crippen LogP contribution is -2.21. The van der Waals surface area contributed by atoms with Gasteiger partial charge in [-0.05, 0) is 91.7 Å². The molecule has 0 saturated heterocycles. The fraction of sp³-hybridized carbons (Fsp3) is 0.474. The first-order valence-corrected chi connectivity index (χ1v) is 8.93. The van der Waals surface area contributed by atoms with Gasteiger partial charge in [-0.15, -0.1) is 23.7 Å². The summed E-state index contributed by atoms with van der Waals surface area (Å²) in [7, 11) is 4.40. The van der Waals surface area contributed by atoms with Crippen LogP contribution in [-0.2, 0) is 0 Å². The van der Waals surface area contributed by atoms with E-state index in [0.29, 0.717) is 0 Å². The highest BCUT2D eigenvalue weighted by Crippen LogP contribution is 2.49. The molecule has 22 heavy (non-hydrogen) atoms. The number of benzene rings is 1. The second kappa shape index (κ2) is 6.35. The smallest absolute Gasteiger partial charge is 0.0343 e. The van der Waals surface area contributed by atoms with Gasteiger partial charge in [-0.3, -0.25) is 0 Å². The number of thiophene rings is 1. The van der Waals surface area contributed by atoms with E-state index in [4.69, 9.17) is 0 Å². The molecule has 118 valence electrons. The normalized spacial score (nSPS) is 24.1. The summed E-state index contributed by atoms with van der Waals surface area (Å²) in [6, 6.07) is 9.37. The Morgan fingerprint density at radius 1 is 1.18 bits per heavy atom. The molecule has 2 aliphatic carbocycles. The van der Waals surface area contributed by atoms with Crippen molar-refractivity contribution >= 4 is 39.4 Å². The van der Waals surface area contributed by atoms with Crippen LogP contribution >= 0.6 is 23.7 Å². The average Bonchev–Trinajstić information content (AvgIpc) is 3.05. The summed E-state index contributed by atoms with van der Waals surface area (Å²) < 4.78 is 1.41. The monoisotopic (exact) mass is 333 g/mol. The molecule has 0 spiro atoms. The Labute approximate surface area is 143 Å². The summed E-state index contributed by atoms with van der Waals surface area (Å²) in [5, 5.41) is 3.62. The molecule has 2 bridgehead atoms. The van der Waals surface area contributed by atoms with E-state index in [0.717, 1.165) is 18.4 Å². The third kappa shape index (κ3) is 2.84. The van der Waals surface area contributed by atoms with Crippen LogP contribution < -0.4 is 0 Å². The van der Waals surface area contributed by atoms with Gasteiger partial charge in [0.1, 0.15) is 0 Å². The first-order valence-electron chi connectivity index (χ1n) is 8.05. The van der Waals surface area contributed by atoms with Crippen molar-refractivity contribution in [2.75, 3.05) is 20.6 Å². The summed E-state index contributed by atoms with van der Waals surface area (Å²) in [6.45, 7) is 1.13. The summed E-state index contributed by atoms with van der Waals surface area (Å²) in [4.78, 5) is 2.34. The molecule has 3 heteroatoms. The van der Waals surface area contributed by atoms with Gasteiger partial charge in [-0.2, -0.15) is 0 Å². The second-order valence-electron chi connectivity index (χ2n) is 7.01. The lowest BCUT2D eigenvalue weighted by Gasteiger charge is -2.29. The Morgan fingerprint density at radius 3 is 2.86 bits per heavy atom. The van der Waals surface area contributed by atoms with E-state index in [9.17, 15) is 0 Å². The summed E-state index contributed by atoms with van der Waals surface area (Å²) in [6.07, 6.45) is 5.59. The number of rotatable bonds is 3. The van der Waals surface area contributed by atoms with Gasteiger partial charge in [0.05, 0.1) is 0 Å². The van der Waals surface area contributed by atoms with Crippen LogP contribution in [0.4, 0.5) is 0 Å². The fourth-order valence-corrected chi connectivity index (χ4v) is 5.15. The highest BCUT2D eigenvalue weighted by Gasteiger charge is 2.35. The topological polar surface area (TPSA) is 3.24 Å². The summed E-state index contributed by atoms with van der Waals surface area (Å²) >= 11 is 1.84. The van der Waals surface area contributed by atoms with Gasteiger partial charge in [0.25, 0.3) is 0 Å². The van der Waals surface area contributed by atoms with Gasteiger partial charge in [-0.25, -0.2) is 0 Å². The number of halogens is 1. The van der Waals surface area contributed by atoms with E-state index in [2.05, 4.69) is 48.6 Å². The predicted octanol–water partition coefficient (Wildman–Crippen LogP) is 5.46. The molecule has 0 unspecified atom stereocenters. The van der Waals surface area contributed by atoms with E-state index in [-0.39, 0.29) is 12.4 Å². The Morgan fingerprint density at radius 2 is 2.05 bits per heavy atom. The van der Waals surface area contributed by atoms with Crippen LogP contribution in [0.15, 0.2) is 35.2 Å². The molecule has 2 atom stereocenters. The molecule has 2 aliphatic rings. The molecule has 1 aromatic heterocycles. The van der Waals surface area contributed by atoms with Gasteiger partial charge < -0.3 is 4.90 Å². The lowest BCUT2D eigenvalue weighted by molar-refractivity contribution is 0.413. The maximum atomic E-state index is 2.43. The predicted molar refractivity (Wildman–Crippen MR) is 100.0 cm³/mol. The van der Waals surface area contributed by atoms with Gasteiger partial charge in [0.15, 0.2) is 0 Å². The summed E-state index contributed by atoms with van der Waals surface area (Å²) in [5.41, 5.74) is 4.88. The third-order valence-corrected chi connectivity index (χ3v) is 6.03. The molecular weight excluding hydrogens is 310 g/mol. The van der Waals surface area contributed by atoms with Crippen LogP contribution in [0.2, 0.25) is 0 Å². The van der Waals surface area contributed by atoms with E-state index in [1.807, 2.05) is 11.3 Å². The molecule has 0 N–H and O–H groups in total. The van der Waals surface area contributed by atoms with Crippen molar-refractivity contribution < 1.29 is 0 Å². The first kappa shape index (κ1) is 16.0. The maximum absolute atomic E-state index is 2.43. The van der Waals surface area contributed by atoms with Crippen molar-refractivity contribution in [1.82, 2.24) is 4.90 Å². The molecule has 2 aromatic rings. The number of nitrogens with zero attached hydrogens (tertiary/aromatic N) is 1. The zero-order chi connectivity index (χ0) is 14.4. The van der Waals surface area contributed by atoms with E-state index in [1.54, 1.807) is 11.1 Å². The highest BCUT2D eigenvalue weighted by molar-refractivity contribution is 7.17. The second-order valence-corrected chi connectivity index (χ2v) is 7.96. The Balaban J connectivity index is 0.00000144. The minimum Gasteiger partial charge on any atom is -0.305 e. The van der Waals surface area contributed by atoms with Crippen molar-refractivity contribution in [1.29, 1.82) is 0 Å². The van der Waals surface area contributed by atoms with Crippen molar-refractivity contribution in [3.63, 3.8) is 0 Å². The minimum atomic E-state index is 0. The zero-order valence-corrected chi connectivity index (χ0v) is 15.0. The van der Waals surface area contributed by atoms with E-state index < -0.39 is 0 Å². The fourth-order valence-electron chi connectivity index (χ4n) is 4.38. The number of allylic oxidation sites excluding steroid dienone is 1. The van der Waals surface area contributed by atoms with Crippen molar-refractivity contribution in [2.24, 2.45) is 11.8 Å². The Kier molecular flexibility index (Phi) is 4.63. The van der Waals surface area contributed by atoms with E-state index in [1.165, 1.54) is 41.3 Å². The minimum absolute atomic E-state index is 0. The van der Waals surface area contributed by atoms with Gasteiger partial charge >= 0.3 is 0 Å². The average molecular weight is 334 g/mol. The molecule has 1 heterocycles. The Bertz CT molecular complexity index is 700. The van der Waals surface area contributed by atoms with Crippen LogP contribution in [0.3, 0.4) is 0 Å². The zero-order valence-electron chi connectivity index (χ0n) is 13.3. The molecule has 0 amide bonds. The first-order chi connectivity index (χ1) is 10.2. The molecule has 1 aromatic carbocycles. The van der Waals surface area contributed by atoms with Crippen LogP contribution in [0.25, 0.3) is 15.7 Å². The molecule has 0 radical (unpaired) electrons. The quantitative estimate of drug-likeness (QED) is 0.721. The highest BCUT2D eigenvalue weighted by atomic mass is 35.5. The summed E-state index contributed by atoms with van der Waals surface area (Å²) in [5.74, 6) is 1.77. The Hall–Kier alpha value is -0.830. The van der Waals surface area contributed by atoms with Crippen molar-refractivity contribution in [3.05, 3.63) is 40.8 Å². The SMILES string of the molecule is CN(C)CC1=C(c2ccc3sccc3c2)[C@H]2CC[C@@H](C1)C2.Cl.